The van der Waals surface area contributed by atoms with Gasteiger partial charge in [-0.05, 0) is 32.9 Å². The topological polar surface area (TPSA) is 58.2 Å². The third-order valence-corrected chi connectivity index (χ3v) is 3.94. The van der Waals surface area contributed by atoms with Crippen LogP contribution in [0.2, 0.25) is 5.02 Å². The van der Waals surface area contributed by atoms with Crippen molar-refractivity contribution in [3.63, 3.8) is 0 Å². The molecular formula is C17H20ClN3O2. The summed E-state index contributed by atoms with van der Waals surface area (Å²) in [6.45, 7) is 6.68. The van der Waals surface area contributed by atoms with E-state index < -0.39 is 5.60 Å². The SMILES string of the molecule is CC(C)(C)OC(=O)N1CCc2nc(-c3ccccc3Cl)[nH]c2C1. The third-order valence-electron chi connectivity index (χ3n) is 3.61. The van der Waals surface area contributed by atoms with E-state index in [4.69, 9.17) is 16.3 Å². The largest absolute Gasteiger partial charge is 0.444 e. The van der Waals surface area contributed by atoms with Crippen molar-refractivity contribution in [3.8, 4) is 11.4 Å². The monoisotopic (exact) mass is 333 g/mol. The standard InChI is InChI=1S/C17H20ClN3O2/c1-17(2,3)23-16(22)21-9-8-13-14(10-21)20-15(19-13)11-6-4-5-7-12(11)18/h4-7H,8-10H2,1-3H3,(H,19,20). The van der Waals surface area contributed by atoms with E-state index in [0.717, 1.165) is 22.8 Å². The zero-order valence-corrected chi connectivity index (χ0v) is 14.3. The van der Waals surface area contributed by atoms with E-state index in [1.165, 1.54) is 0 Å². The number of halogens is 1. The van der Waals surface area contributed by atoms with Crippen LogP contribution in [-0.2, 0) is 17.7 Å². The Morgan fingerprint density at radius 2 is 2.09 bits per heavy atom. The molecule has 1 aromatic carbocycles. The minimum Gasteiger partial charge on any atom is -0.444 e. The molecule has 0 atom stereocenters. The van der Waals surface area contributed by atoms with Crippen molar-refractivity contribution in [2.24, 2.45) is 0 Å². The summed E-state index contributed by atoms with van der Waals surface area (Å²) in [4.78, 5) is 21.8. The van der Waals surface area contributed by atoms with Crippen LogP contribution >= 0.6 is 11.6 Å². The number of hydrogen-bond acceptors (Lipinski definition) is 3. The van der Waals surface area contributed by atoms with Gasteiger partial charge in [-0.2, -0.15) is 0 Å². The van der Waals surface area contributed by atoms with Crippen molar-refractivity contribution >= 4 is 17.7 Å². The number of H-pyrrole nitrogens is 1. The highest BCUT2D eigenvalue weighted by molar-refractivity contribution is 6.33. The van der Waals surface area contributed by atoms with Gasteiger partial charge in [-0.25, -0.2) is 9.78 Å². The fourth-order valence-corrected chi connectivity index (χ4v) is 2.78. The molecule has 5 nitrogen and oxygen atoms in total. The van der Waals surface area contributed by atoms with Gasteiger partial charge in [0.05, 0.1) is 23.0 Å². The Bertz CT molecular complexity index is 734. The van der Waals surface area contributed by atoms with Crippen molar-refractivity contribution < 1.29 is 9.53 Å². The smallest absolute Gasteiger partial charge is 0.410 e. The summed E-state index contributed by atoms with van der Waals surface area (Å²) < 4.78 is 5.43. The average molecular weight is 334 g/mol. The predicted molar refractivity (Wildman–Crippen MR) is 89.4 cm³/mol. The summed E-state index contributed by atoms with van der Waals surface area (Å²) >= 11 is 6.23. The minimum absolute atomic E-state index is 0.294. The number of fused-ring (bicyclic) bond motifs is 1. The number of amides is 1. The van der Waals surface area contributed by atoms with Crippen LogP contribution in [0.4, 0.5) is 4.79 Å². The first-order chi connectivity index (χ1) is 10.8. The van der Waals surface area contributed by atoms with Crippen LogP contribution in [0.25, 0.3) is 11.4 Å². The number of hydrogen-bond donors (Lipinski definition) is 1. The first-order valence-electron chi connectivity index (χ1n) is 7.64. The molecule has 0 radical (unpaired) electrons. The summed E-state index contributed by atoms with van der Waals surface area (Å²) in [5.74, 6) is 0.742. The van der Waals surface area contributed by atoms with Crippen molar-refractivity contribution in [2.75, 3.05) is 6.54 Å². The van der Waals surface area contributed by atoms with Gasteiger partial charge in [0.1, 0.15) is 11.4 Å². The van der Waals surface area contributed by atoms with Gasteiger partial charge < -0.3 is 14.6 Å². The molecule has 0 saturated carbocycles. The lowest BCUT2D eigenvalue weighted by Crippen LogP contribution is -2.39. The number of rotatable bonds is 1. The van der Waals surface area contributed by atoms with E-state index in [2.05, 4.69) is 9.97 Å². The number of benzene rings is 1. The van der Waals surface area contributed by atoms with Gasteiger partial charge in [-0.15, -0.1) is 0 Å². The van der Waals surface area contributed by atoms with Crippen molar-refractivity contribution in [1.29, 1.82) is 0 Å². The molecule has 0 unspecified atom stereocenters. The Kier molecular flexibility index (Phi) is 4.06. The number of carbonyl (C=O) groups is 1. The van der Waals surface area contributed by atoms with Gasteiger partial charge in [-0.3, -0.25) is 0 Å². The molecule has 1 aliphatic rings. The fourth-order valence-electron chi connectivity index (χ4n) is 2.56. The second kappa shape index (κ2) is 5.89. The highest BCUT2D eigenvalue weighted by Crippen LogP contribution is 2.28. The summed E-state index contributed by atoms with van der Waals surface area (Å²) in [5.41, 5.74) is 2.30. The molecule has 0 aliphatic carbocycles. The van der Waals surface area contributed by atoms with Crippen molar-refractivity contribution in [2.45, 2.75) is 39.3 Å². The molecular weight excluding hydrogens is 314 g/mol. The second-order valence-corrected chi connectivity index (χ2v) is 7.05. The van der Waals surface area contributed by atoms with Crippen LogP contribution < -0.4 is 0 Å². The first-order valence-corrected chi connectivity index (χ1v) is 8.02. The summed E-state index contributed by atoms with van der Waals surface area (Å²) in [6.07, 6.45) is 0.409. The minimum atomic E-state index is -0.492. The van der Waals surface area contributed by atoms with Gasteiger partial charge in [0.15, 0.2) is 0 Å². The Labute approximate surface area is 140 Å². The molecule has 0 saturated heterocycles. The van der Waals surface area contributed by atoms with E-state index in [9.17, 15) is 4.79 Å². The lowest BCUT2D eigenvalue weighted by atomic mass is 10.1. The average Bonchev–Trinajstić information content (AvgIpc) is 2.88. The van der Waals surface area contributed by atoms with Crippen LogP contribution in [0.5, 0.6) is 0 Å². The molecule has 0 fully saturated rings. The van der Waals surface area contributed by atoms with E-state index in [1.54, 1.807) is 4.90 Å². The number of aromatic amines is 1. The third kappa shape index (κ3) is 3.50. The lowest BCUT2D eigenvalue weighted by molar-refractivity contribution is 0.0221. The Balaban J connectivity index is 1.80. The molecule has 1 amide bonds. The van der Waals surface area contributed by atoms with Crippen LogP contribution in [0.1, 0.15) is 32.2 Å². The van der Waals surface area contributed by atoms with Gasteiger partial charge >= 0.3 is 6.09 Å². The predicted octanol–water partition coefficient (Wildman–Crippen LogP) is 4.02. The Hall–Kier alpha value is -2.01. The summed E-state index contributed by atoms with van der Waals surface area (Å²) in [6, 6.07) is 7.58. The lowest BCUT2D eigenvalue weighted by Gasteiger charge is -2.29. The molecule has 3 rings (SSSR count). The molecule has 1 aliphatic heterocycles. The van der Waals surface area contributed by atoms with E-state index in [0.29, 0.717) is 24.5 Å². The zero-order valence-electron chi connectivity index (χ0n) is 13.5. The number of imidazole rings is 1. The molecule has 2 aromatic rings. The first kappa shape index (κ1) is 15.9. The van der Waals surface area contributed by atoms with E-state index in [1.807, 2.05) is 45.0 Å². The van der Waals surface area contributed by atoms with Gasteiger partial charge in [0.2, 0.25) is 0 Å². The van der Waals surface area contributed by atoms with E-state index in [-0.39, 0.29) is 6.09 Å². The van der Waals surface area contributed by atoms with Crippen molar-refractivity contribution in [1.82, 2.24) is 14.9 Å². The Morgan fingerprint density at radius 1 is 1.35 bits per heavy atom. The maximum absolute atomic E-state index is 12.2. The Morgan fingerprint density at radius 3 is 2.78 bits per heavy atom. The maximum atomic E-state index is 12.2. The molecule has 0 bridgehead atoms. The number of carbonyl (C=O) groups excluding carboxylic acids is 1. The van der Waals surface area contributed by atoms with Crippen LogP contribution in [0, 0.1) is 0 Å². The number of nitrogens with one attached hydrogen (secondary N) is 1. The quantitative estimate of drug-likeness (QED) is 0.857. The van der Waals surface area contributed by atoms with E-state index >= 15 is 0 Å². The molecule has 1 N–H and O–H groups in total. The highest BCUT2D eigenvalue weighted by Gasteiger charge is 2.27. The fraction of sp³-hybridized carbons (Fsp3) is 0.412. The van der Waals surface area contributed by atoms with Crippen LogP contribution in [-0.4, -0.2) is 33.1 Å². The molecule has 2 heterocycles. The number of aromatic nitrogens is 2. The normalized spacial score (nSPS) is 14.5. The number of nitrogens with zero attached hydrogens (tertiary/aromatic N) is 2. The van der Waals surface area contributed by atoms with Gasteiger partial charge in [-0.1, -0.05) is 23.7 Å². The van der Waals surface area contributed by atoms with Crippen LogP contribution in [0.3, 0.4) is 0 Å². The zero-order chi connectivity index (χ0) is 16.6. The summed E-state index contributed by atoms with van der Waals surface area (Å²) in [5, 5.41) is 0.655. The highest BCUT2D eigenvalue weighted by atomic mass is 35.5. The maximum Gasteiger partial charge on any atom is 0.410 e. The molecule has 23 heavy (non-hydrogen) atoms. The molecule has 6 heteroatoms. The summed E-state index contributed by atoms with van der Waals surface area (Å²) in [7, 11) is 0. The molecule has 122 valence electrons. The second-order valence-electron chi connectivity index (χ2n) is 6.64. The molecule has 0 spiro atoms. The van der Waals surface area contributed by atoms with Gasteiger partial charge in [0, 0.05) is 18.5 Å². The van der Waals surface area contributed by atoms with Crippen molar-refractivity contribution in [3.05, 3.63) is 40.7 Å². The molecule has 1 aromatic heterocycles. The van der Waals surface area contributed by atoms with Gasteiger partial charge in [0.25, 0.3) is 0 Å². The number of ether oxygens (including phenoxy) is 1. The van der Waals surface area contributed by atoms with Crippen LogP contribution in [0.15, 0.2) is 24.3 Å².